The smallest absolute Gasteiger partial charge is 0.172 e. The van der Waals surface area contributed by atoms with Crippen molar-refractivity contribution in [3.8, 4) is 0 Å². The first-order valence-corrected chi connectivity index (χ1v) is 6.38. The third-order valence-corrected chi connectivity index (χ3v) is 3.07. The zero-order chi connectivity index (χ0) is 12.3. The van der Waals surface area contributed by atoms with E-state index in [-0.39, 0.29) is 6.04 Å². The molecule has 0 unspecified atom stereocenters. The lowest BCUT2D eigenvalue weighted by molar-refractivity contribution is 0.739. The van der Waals surface area contributed by atoms with Gasteiger partial charge in [-0.25, -0.2) is 4.98 Å². The van der Waals surface area contributed by atoms with Crippen LogP contribution in [0.25, 0.3) is 0 Å². The summed E-state index contributed by atoms with van der Waals surface area (Å²) >= 11 is 14.5. The Morgan fingerprint density at radius 1 is 1.56 bits per heavy atom. The van der Waals surface area contributed by atoms with Gasteiger partial charge in [-0.3, -0.25) is 0 Å². The quantitative estimate of drug-likeness (QED) is 0.817. The highest BCUT2D eigenvalue weighted by Crippen LogP contribution is 2.25. The van der Waals surface area contributed by atoms with Gasteiger partial charge >= 0.3 is 0 Å². The molecule has 0 aliphatic rings. The van der Waals surface area contributed by atoms with E-state index in [9.17, 15) is 0 Å². The van der Waals surface area contributed by atoms with E-state index in [0.29, 0.717) is 16.0 Å². The van der Waals surface area contributed by atoms with E-state index in [1.54, 1.807) is 6.07 Å². The number of anilines is 1. The van der Waals surface area contributed by atoms with Gasteiger partial charge in [0.15, 0.2) is 10.9 Å². The molecule has 88 valence electrons. The van der Waals surface area contributed by atoms with Crippen LogP contribution < -0.4 is 10.6 Å². The molecule has 1 aromatic heterocycles. The minimum atomic E-state index is 0.273. The summed E-state index contributed by atoms with van der Waals surface area (Å²) in [7, 11) is 0. The van der Waals surface area contributed by atoms with Gasteiger partial charge in [-0.05, 0) is 55.0 Å². The summed E-state index contributed by atoms with van der Waals surface area (Å²) in [4.78, 5) is 4.30. The molecule has 0 radical (unpaired) electrons. The topological polar surface area (TPSA) is 37.0 Å². The van der Waals surface area contributed by atoms with Gasteiger partial charge in [-0.2, -0.15) is 0 Å². The van der Waals surface area contributed by atoms with Crippen molar-refractivity contribution in [2.75, 3.05) is 5.32 Å². The van der Waals surface area contributed by atoms with E-state index < -0.39 is 0 Å². The highest BCUT2D eigenvalue weighted by Gasteiger charge is 2.08. The second-order valence-electron chi connectivity index (χ2n) is 3.64. The molecule has 16 heavy (non-hydrogen) atoms. The Morgan fingerprint density at radius 3 is 2.75 bits per heavy atom. The molecule has 1 aromatic rings. The molecule has 0 fully saturated rings. The molecule has 0 bridgehead atoms. The van der Waals surface area contributed by atoms with Crippen molar-refractivity contribution in [2.24, 2.45) is 0 Å². The molecule has 0 saturated heterocycles. The van der Waals surface area contributed by atoms with Crippen molar-refractivity contribution < 1.29 is 0 Å². The van der Waals surface area contributed by atoms with E-state index in [1.807, 2.05) is 20.8 Å². The normalized spacial score (nSPS) is 10.4. The third kappa shape index (κ3) is 3.88. The number of pyridine rings is 1. The van der Waals surface area contributed by atoms with E-state index in [1.165, 1.54) is 0 Å². The number of hydrogen-bond acceptors (Lipinski definition) is 2. The number of nitrogens with zero attached hydrogens (tertiary/aromatic N) is 1. The Bertz CT molecular complexity index is 409. The van der Waals surface area contributed by atoms with Crippen molar-refractivity contribution in [1.82, 2.24) is 10.3 Å². The van der Waals surface area contributed by atoms with Crippen molar-refractivity contribution >= 4 is 50.7 Å². The third-order valence-electron chi connectivity index (χ3n) is 1.76. The molecule has 0 aliphatic carbocycles. The minimum absolute atomic E-state index is 0.273. The Morgan fingerprint density at radius 2 is 2.19 bits per heavy atom. The van der Waals surface area contributed by atoms with Crippen LogP contribution in [0.15, 0.2) is 10.5 Å². The van der Waals surface area contributed by atoms with Crippen molar-refractivity contribution in [2.45, 2.75) is 26.8 Å². The number of nitrogens with one attached hydrogen (secondary N) is 2. The average molecular weight is 323 g/mol. The fourth-order valence-corrected chi connectivity index (χ4v) is 2.03. The lowest BCUT2D eigenvalue weighted by Crippen LogP contribution is -2.34. The van der Waals surface area contributed by atoms with Gasteiger partial charge in [0, 0.05) is 10.5 Å². The SMILES string of the molecule is Cc1nc(NC(=S)NC(C)C)c(Cl)cc1Br. The number of rotatable bonds is 2. The monoisotopic (exact) mass is 321 g/mol. The summed E-state index contributed by atoms with van der Waals surface area (Å²) in [5, 5.41) is 7.08. The summed E-state index contributed by atoms with van der Waals surface area (Å²) in [5.41, 5.74) is 0.860. The molecule has 1 heterocycles. The largest absolute Gasteiger partial charge is 0.360 e. The first-order chi connectivity index (χ1) is 7.40. The molecule has 0 aliphatic heterocycles. The number of thiocarbonyl (C=S) groups is 1. The maximum atomic E-state index is 6.04. The fourth-order valence-electron chi connectivity index (χ4n) is 1.05. The summed E-state index contributed by atoms with van der Waals surface area (Å²) in [6.07, 6.45) is 0. The molecule has 1 rings (SSSR count). The molecule has 0 aromatic carbocycles. The maximum Gasteiger partial charge on any atom is 0.172 e. The van der Waals surface area contributed by atoms with Gasteiger partial charge in [0.25, 0.3) is 0 Å². The van der Waals surface area contributed by atoms with Gasteiger partial charge in [0.2, 0.25) is 0 Å². The molecule has 3 nitrogen and oxygen atoms in total. The number of aryl methyl sites for hydroxylation is 1. The first kappa shape index (κ1) is 13.7. The van der Waals surface area contributed by atoms with Crippen LogP contribution in [0, 0.1) is 6.92 Å². The predicted octanol–water partition coefficient (Wildman–Crippen LogP) is 3.50. The standard InChI is InChI=1S/C10H13BrClN3S/c1-5(2)13-10(16)15-9-8(12)4-7(11)6(3)14-9/h4-5H,1-3H3,(H2,13,14,15,16). The average Bonchev–Trinajstić information content (AvgIpc) is 2.12. The number of aromatic nitrogens is 1. The molecule has 0 saturated carbocycles. The molecule has 0 atom stereocenters. The van der Waals surface area contributed by atoms with Crippen LogP contribution >= 0.6 is 39.7 Å². The fraction of sp³-hybridized carbons (Fsp3) is 0.400. The zero-order valence-electron chi connectivity index (χ0n) is 9.27. The number of halogens is 2. The molecule has 2 N–H and O–H groups in total. The lowest BCUT2D eigenvalue weighted by atomic mass is 10.3. The van der Waals surface area contributed by atoms with E-state index in [0.717, 1.165) is 10.2 Å². The van der Waals surface area contributed by atoms with Gasteiger partial charge in [0.05, 0.1) is 10.7 Å². The highest BCUT2D eigenvalue weighted by molar-refractivity contribution is 9.10. The van der Waals surface area contributed by atoms with Crippen LogP contribution in [0.5, 0.6) is 0 Å². The maximum absolute atomic E-state index is 6.04. The van der Waals surface area contributed by atoms with Crippen LogP contribution in [-0.4, -0.2) is 16.1 Å². The van der Waals surface area contributed by atoms with Crippen molar-refractivity contribution in [1.29, 1.82) is 0 Å². The second-order valence-corrected chi connectivity index (χ2v) is 5.31. The highest BCUT2D eigenvalue weighted by atomic mass is 79.9. The summed E-state index contributed by atoms with van der Waals surface area (Å²) in [6.45, 7) is 5.91. The Balaban J connectivity index is 2.81. The molecule has 0 amide bonds. The van der Waals surface area contributed by atoms with E-state index in [2.05, 4.69) is 31.5 Å². The first-order valence-electron chi connectivity index (χ1n) is 4.80. The predicted molar refractivity (Wildman–Crippen MR) is 76.2 cm³/mol. The molecule has 6 heteroatoms. The Kier molecular flexibility index (Phi) is 4.95. The van der Waals surface area contributed by atoms with Crippen LogP contribution in [0.1, 0.15) is 19.5 Å². The summed E-state index contributed by atoms with van der Waals surface area (Å²) in [6, 6.07) is 2.07. The summed E-state index contributed by atoms with van der Waals surface area (Å²) in [5.74, 6) is 0.570. The van der Waals surface area contributed by atoms with Crippen LogP contribution in [0.3, 0.4) is 0 Å². The van der Waals surface area contributed by atoms with Gasteiger partial charge in [0.1, 0.15) is 0 Å². The number of hydrogen-bond donors (Lipinski definition) is 2. The van der Waals surface area contributed by atoms with Gasteiger partial charge in [-0.15, -0.1) is 0 Å². The van der Waals surface area contributed by atoms with Crippen molar-refractivity contribution in [3.05, 3.63) is 21.3 Å². The van der Waals surface area contributed by atoms with Gasteiger partial charge in [-0.1, -0.05) is 11.6 Å². The van der Waals surface area contributed by atoms with Crippen LogP contribution in [0.4, 0.5) is 5.82 Å². The Labute approximate surface area is 114 Å². The second kappa shape index (κ2) is 5.80. The van der Waals surface area contributed by atoms with Gasteiger partial charge < -0.3 is 10.6 Å². The van der Waals surface area contributed by atoms with E-state index >= 15 is 0 Å². The lowest BCUT2D eigenvalue weighted by Gasteiger charge is -2.14. The molecule has 0 spiro atoms. The summed E-state index contributed by atoms with van der Waals surface area (Å²) < 4.78 is 0.880. The van der Waals surface area contributed by atoms with E-state index in [4.69, 9.17) is 23.8 Å². The van der Waals surface area contributed by atoms with Crippen LogP contribution in [-0.2, 0) is 0 Å². The molecular weight excluding hydrogens is 310 g/mol. The Hall–Kier alpha value is -0.390. The van der Waals surface area contributed by atoms with Crippen molar-refractivity contribution in [3.63, 3.8) is 0 Å². The van der Waals surface area contributed by atoms with Crippen LogP contribution in [0.2, 0.25) is 5.02 Å². The zero-order valence-corrected chi connectivity index (χ0v) is 12.4. The molecular formula is C10H13BrClN3S. The minimum Gasteiger partial charge on any atom is -0.360 e.